The lowest BCUT2D eigenvalue weighted by Gasteiger charge is -2.33. The number of likely N-dealkylation sites (tertiary alicyclic amines) is 1. The molecule has 142 valence electrons. The molecule has 0 aliphatic carbocycles. The van der Waals surface area contributed by atoms with Gasteiger partial charge in [-0.1, -0.05) is 36.8 Å². The van der Waals surface area contributed by atoms with Crippen LogP contribution in [0.4, 0.5) is 0 Å². The molecule has 1 aliphatic heterocycles. The zero-order valence-electron chi connectivity index (χ0n) is 15.8. The Hall–Kier alpha value is -1.64. The van der Waals surface area contributed by atoms with E-state index in [1.165, 1.54) is 11.1 Å². The normalized spacial score (nSPS) is 16.9. The molecule has 0 bridgehead atoms. The predicted molar refractivity (Wildman–Crippen MR) is 116 cm³/mol. The maximum atomic E-state index is 4.48. The average molecular weight is 468 g/mol. The molecule has 0 saturated carbocycles. The van der Waals surface area contributed by atoms with Gasteiger partial charge in [0.1, 0.15) is 12.2 Å². The van der Waals surface area contributed by atoms with Crippen molar-refractivity contribution in [3.63, 3.8) is 0 Å². The highest BCUT2D eigenvalue weighted by atomic mass is 127. The van der Waals surface area contributed by atoms with Crippen molar-refractivity contribution < 1.29 is 0 Å². The molecule has 1 atom stereocenters. The molecule has 0 radical (unpaired) electrons. The fourth-order valence-corrected chi connectivity index (χ4v) is 3.45. The van der Waals surface area contributed by atoms with Gasteiger partial charge in [0.25, 0.3) is 0 Å². The highest BCUT2D eigenvalue weighted by Gasteiger charge is 2.24. The summed E-state index contributed by atoms with van der Waals surface area (Å²) in [5.41, 5.74) is 2.68. The van der Waals surface area contributed by atoms with Gasteiger partial charge in [-0.3, -0.25) is 10.1 Å². The van der Waals surface area contributed by atoms with Gasteiger partial charge in [-0.2, -0.15) is 5.10 Å². The van der Waals surface area contributed by atoms with Crippen LogP contribution in [-0.2, 0) is 0 Å². The van der Waals surface area contributed by atoms with E-state index in [0.29, 0.717) is 11.8 Å². The summed E-state index contributed by atoms with van der Waals surface area (Å²) in [5.74, 6) is 2.93. The molecular formula is C19H29IN6. The molecule has 6 nitrogen and oxygen atoms in total. The predicted octanol–water partition coefficient (Wildman–Crippen LogP) is 3.29. The van der Waals surface area contributed by atoms with Crippen LogP contribution in [0.2, 0.25) is 0 Å². The van der Waals surface area contributed by atoms with Crippen LogP contribution in [0.15, 0.2) is 35.6 Å². The summed E-state index contributed by atoms with van der Waals surface area (Å²) in [6.45, 7) is 7.26. The van der Waals surface area contributed by atoms with Crippen molar-refractivity contribution in [1.29, 1.82) is 0 Å². The van der Waals surface area contributed by atoms with Crippen LogP contribution < -0.4 is 5.32 Å². The molecule has 2 heterocycles. The number of nitrogens with one attached hydrogen (secondary N) is 2. The monoisotopic (exact) mass is 468 g/mol. The number of H-pyrrole nitrogens is 1. The largest absolute Gasteiger partial charge is 0.356 e. The molecule has 1 unspecified atom stereocenters. The summed E-state index contributed by atoms with van der Waals surface area (Å²) in [7, 11) is 1.86. The fourth-order valence-electron chi connectivity index (χ4n) is 3.45. The van der Waals surface area contributed by atoms with E-state index in [1.54, 1.807) is 6.33 Å². The standard InChI is InChI=1S/C19H28N6.HI/c1-14-5-4-6-17(11-14)15(2)12-21-19(20-3)25-9-7-16(8-10-25)18-22-13-23-24-18;/h4-6,11,13,15-16H,7-10,12H2,1-3H3,(H,20,21)(H,22,23,24);1H. The number of piperidine rings is 1. The highest BCUT2D eigenvalue weighted by molar-refractivity contribution is 14.0. The zero-order chi connectivity index (χ0) is 17.6. The molecule has 1 aromatic heterocycles. The van der Waals surface area contributed by atoms with E-state index in [9.17, 15) is 0 Å². The molecule has 26 heavy (non-hydrogen) atoms. The van der Waals surface area contributed by atoms with E-state index in [-0.39, 0.29) is 24.0 Å². The SMILES string of the molecule is CN=C(NCC(C)c1cccc(C)c1)N1CCC(c2ncn[nH]2)CC1.I. The summed E-state index contributed by atoms with van der Waals surface area (Å²) in [6.07, 6.45) is 3.74. The second-order valence-corrected chi connectivity index (χ2v) is 6.88. The maximum absolute atomic E-state index is 4.48. The number of hydrogen-bond donors (Lipinski definition) is 2. The number of benzene rings is 1. The molecule has 2 N–H and O–H groups in total. The van der Waals surface area contributed by atoms with Gasteiger partial charge in [-0.25, -0.2) is 4.98 Å². The third-order valence-corrected chi connectivity index (χ3v) is 5.00. The van der Waals surface area contributed by atoms with Crippen molar-refractivity contribution in [2.75, 3.05) is 26.7 Å². The molecule has 7 heteroatoms. The first-order chi connectivity index (χ1) is 12.2. The molecule has 2 aromatic rings. The zero-order valence-corrected chi connectivity index (χ0v) is 18.1. The van der Waals surface area contributed by atoms with Crippen LogP contribution >= 0.6 is 24.0 Å². The average Bonchev–Trinajstić information content (AvgIpc) is 3.17. The lowest BCUT2D eigenvalue weighted by atomic mass is 9.96. The van der Waals surface area contributed by atoms with Crippen LogP contribution in [0.25, 0.3) is 0 Å². The molecule has 0 spiro atoms. The van der Waals surface area contributed by atoms with E-state index in [4.69, 9.17) is 0 Å². The molecular weight excluding hydrogens is 439 g/mol. The molecule has 1 aromatic carbocycles. The van der Waals surface area contributed by atoms with Gasteiger partial charge in [0.2, 0.25) is 0 Å². The Balaban J connectivity index is 0.00000243. The van der Waals surface area contributed by atoms with Crippen molar-refractivity contribution in [1.82, 2.24) is 25.4 Å². The summed E-state index contributed by atoms with van der Waals surface area (Å²) in [5, 5.41) is 10.5. The van der Waals surface area contributed by atoms with Crippen LogP contribution in [0.3, 0.4) is 0 Å². The number of aromatic nitrogens is 3. The van der Waals surface area contributed by atoms with Gasteiger partial charge < -0.3 is 10.2 Å². The van der Waals surface area contributed by atoms with Gasteiger partial charge in [0.15, 0.2) is 5.96 Å². The lowest BCUT2D eigenvalue weighted by molar-refractivity contribution is 0.298. The van der Waals surface area contributed by atoms with E-state index in [0.717, 1.165) is 44.3 Å². The van der Waals surface area contributed by atoms with E-state index in [1.807, 2.05) is 7.05 Å². The Kier molecular flexibility index (Phi) is 7.86. The first kappa shape index (κ1) is 20.7. The van der Waals surface area contributed by atoms with Gasteiger partial charge in [-0.15, -0.1) is 24.0 Å². The topological polar surface area (TPSA) is 69.2 Å². The van der Waals surface area contributed by atoms with Crippen LogP contribution in [0.5, 0.6) is 0 Å². The number of hydrogen-bond acceptors (Lipinski definition) is 3. The summed E-state index contributed by atoms with van der Waals surface area (Å²) in [4.78, 5) is 11.1. The summed E-state index contributed by atoms with van der Waals surface area (Å²) >= 11 is 0. The Morgan fingerprint density at radius 2 is 2.15 bits per heavy atom. The smallest absolute Gasteiger partial charge is 0.193 e. The Morgan fingerprint density at radius 3 is 2.77 bits per heavy atom. The van der Waals surface area contributed by atoms with E-state index < -0.39 is 0 Å². The number of aliphatic imine (C=N–C) groups is 1. The molecule has 1 aliphatic rings. The third-order valence-electron chi connectivity index (χ3n) is 5.00. The fraction of sp³-hybridized carbons (Fsp3) is 0.526. The van der Waals surface area contributed by atoms with Crippen molar-refractivity contribution in [3.05, 3.63) is 47.5 Å². The Labute approximate surface area is 172 Å². The molecule has 0 amide bonds. The van der Waals surface area contributed by atoms with Gasteiger partial charge >= 0.3 is 0 Å². The first-order valence-corrected chi connectivity index (χ1v) is 9.04. The second kappa shape index (κ2) is 9.89. The number of rotatable bonds is 4. The van der Waals surface area contributed by atoms with Crippen LogP contribution in [0, 0.1) is 6.92 Å². The molecule has 1 fully saturated rings. The number of nitrogens with zero attached hydrogens (tertiary/aromatic N) is 4. The highest BCUT2D eigenvalue weighted by Crippen LogP contribution is 2.25. The number of aryl methyl sites for hydroxylation is 1. The van der Waals surface area contributed by atoms with Crippen molar-refractivity contribution in [3.8, 4) is 0 Å². The molecule has 1 saturated heterocycles. The van der Waals surface area contributed by atoms with Crippen molar-refractivity contribution >= 4 is 29.9 Å². The number of guanidine groups is 1. The summed E-state index contributed by atoms with van der Waals surface area (Å²) in [6, 6.07) is 8.73. The first-order valence-electron chi connectivity index (χ1n) is 9.04. The molecule has 3 rings (SSSR count). The minimum atomic E-state index is 0. The number of aromatic amines is 1. The lowest BCUT2D eigenvalue weighted by Crippen LogP contribution is -2.46. The number of halogens is 1. The van der Waals surface area contributed by atoms with Crippen LogP contribution in [0.1, 0.15) is 48.6 Å². The quantitative estimate of drug-likeness (QED) is 0.411. The van der Waals surface area contributed by atoms with Gasteiger partial charge in [0, 0.05) is 32.6 Å². The van der Waals surface area contributed by atoms with Crippen molar-refractivity contribution in [2.24, 2.45) is 4.99 Å². The van der Waals surface area contributed by atoms with E-state index in [2.05, 4.69) is 68.5 Å². The Bertz CT molecular complexity index is 692. The second-order valence-electron chi connectivity index (χ2n) is 6.88. The minimum absolute atomic E-state index is 0. The van der Waals surface area contributed by atoms with Crippen LogP contribution in [-0.4, -0.2) is 52.7 Å². The third kappa shape index (κ3) is 5.18. The summed E-state index contributed by atoms with van der Waals surface area (Å²) < 4.78 is 0. The van der Waals surface area contributed by atoms with Crippen molar-refractivity contribution in [2.45, 2.75) is 38.5 Å². The maximum Gasteiger partial charge on any atom is 0.193 e. The Morgan fingerprint density at radius 1 is 1.38 bits per heavy atom. The van der Waals surface area contributed by atoms with E-state index >= 15 is 0 Å². The van der Waals surface area contributed by atoms with Gasteiger partial charge in [0.05, 0.1) is 0 Å². The minimum Gasteiger partial charge on any atom is -0.356 e. The van der Waals surface area contributed by atoms with Gasteiger partial charge in [-0.05, 0) is 31.2 Å².